The van der Waals surface area contributed by atoms with Gasteiger partial charge in [-0.2, -0.15) is 0 Å². The second kappa shape index (κ2) is 8.01. The van der Waals surface area contributed by atoms with Crippen molar-refractivity contribution in [2.75, 3.05) is 11.9 Å². The van der Waals surface area contributed by atoms with Crippen molar-refractivity contribution in [1.29, 1.82) is 0 Å². The average molecular weight is 407 g/mol. The van der Waals surface area contributed by atoms with E-state index in [4.69, 9.17) is 4.98 Å². The number of nitrogens with one attached hydrogen (secondary N) is 1. The normalized spacial score (nSPS) is 14.7. The molecular formula is C28H26N2O. The number of pyridine rings is 1. The average Bonchev–Trinajstić information content (AvgIpc) is 3.66. The van der Waals surface area contributed by atoms with Gasteiger partial charge in [-0.25, -0.2) is 4.98 Å². The first-order chi connectivity index (χ1) is 15.3. The van der Waals surface area contributed by atoms with Crippen molar-refractivity contribution in [2.45, 2.75) is 23.8 Å². The zero-order chi connectivity index (χ0) is 21.2. The highest BCUT2D eigenvalue weighted by molar-refractivity contribution is 5.58. The van der Waals surface area contributed by atoms with E-state index in [9.17, 15) is 5.11 Å². The van der Waals surface area contributed by atoms with Crippen molar-refractivity contribution in [3.63, 3.8) is 0 Å². The molecule has 1 saturated carbocycles. The van der Waals surface area contributed by atoms with Gasteiger partial charge < -0.3 is 10.4 Å². The Balaban J connectivity index is 1.65. The van der Waals surface area contributed by atoms with Gasteiger partial charge in [0.2, 0.25) is 0 Å². The zero-order valence-corrected chi connectivity index (χ0v) is 17.4. The number of aliphatic hydroxyl groups is 1. The molecule has 154 valence electrons. The molecular weight excluding hydrogens is 380 g/mol. The van der Waals surface area contributed by atoms with E-state index in [0.717, 1.165) is 40.9 Å². The molecule has 0 unspecified atom stereocenters. The molecule has 0 bridgehead atoms. The number of hydrogen-bond donors (Lipinski definition) is 2. The number of hydrogen-bond acceptors (Lipinski definition) is 3. The van der Waals surface area contributed by atoms with Crippen LogP contribution >= 0.6 is 0 Å². The maximum atomic E-state index is 9.77. The maximum Gasteiger partial charge on any atom is 0.127 e. The van der Waals surface area contributed by atoms with Crippen molar-refractivity contribution in [2.24, 2.45) is 0 Å². The van der Waals surface area contributed by atoms with Crippen molar-refractivity contribution in [3.8, 4) is 0 Å². The van der Waals surface area contributed by atoms with Gasteiger partial charge in [0.1, 0.15) is 11.4 Å². The lowest BCUT2D eigenvalue weighted by molar-refractivity contribution is 0.255. The molecule has 0 spiro atoms. The van der Waals surface area contributed by atoms with Gasteiger partial charge in [-0.15, -0.1) is 0 Å². The highest BCUT2D eigenvalue weighted by atomic mass is 16.3. The Hall–Kier alpha value is -3.43. The van der Waals surface area contributed by atoms with E-state index in [0.29, 0.717) is 0 Å². The van der Waals surface area contributed by atoms with Gasteiger partial charge in [0, 0.05) is 11.6 Å². The minimum absolute atomic E-state index is 0.0824. The second-order valence-corrected chi connectivity index (χ2v) is 8.34. The lowest BCUT2D eigenvalue weighted by Gasteiger charge is -2.37. The van der Waals surface area contributed by atoms with Gasteiger partial charge >= 0.3 is 0 Å². The Kier molecular flexibility index (Phi) is 5.05. The van der Waals surface area contributed by atoms with E-state index >= 15 is 0 Å². The molecule has 0 atom stereocenters. The van der Waals surface area contributed by atoms with Gasteiger partial charge in [-0.1, -0.05) is 97.1 Å². The number of aromatic nitrogens is 1. The lowest BCUT2D eigenvalue weighted by atomic mass is 9.77. The summed E-state index contributed by atoms with van der Waals surface area (Å²) in [6, 6.07) is 35.7. The molecule has 0 radical (unpaired) electrons. The van der Waals surface area contributed by atoms with Crippen LogP contribution in [0.1, 0.15) is 35.1 Å². The number of aliphatic hydroxyl groups excluding tert-OH is 1. The van der Waals surface area contributed by atoms with Crippen LogP contribution in [0.5, 0.6) is 0 Å². The molecule has 5 rings (SSSR count). The van der Waals surface area contributed by atoms with Gasteiger partial charge in [0.05, 0.1) is 6.61 Å². The highest BCUT2D eigenvalue weighted by Crippen LogP contribution is 2.47. The maximum absolute atomic E-state index is 9.77. The third kappa shape index (κ3) is 3.51. The second-order valence-electron chi connectivity index (χ2n) is 8.34. The molecule has 1 aliphatic rings. The van der Waals surface area contributed by atoms with Gasteiger partial charge in [-0.3, -0.25) is 0 Å². The fourth-order valence-corrected chi connectivity index (χ4v) is 4.44. The number of anilines is 1. The standard InChI is InChI=1S/C28H26N2O/c31-21-27(18-19-27)25-16-17-26(29-20-25)30-28(22-10-4-1-5-11-22,23-12-6-2-7-13-23)24-14-8-3-9-15-24/h1-17,20,31H,18-19,21H2,(H,29,30). The van der Waals surface area contributed by atoms with Crippen LogP contribution < -0.4 is 5.32 Å². The van der Waals surface area contributed by atoms with Crippen molar-refractivity contribution >= 4 is 5.82 Å². The van der Waals surface area contributed by atoms with Gasteiger partial charge in [0.25, 0.3) is 0 Å². The Morgan fingerprint density at radius 1 is 0.710 bits per heavy atom. The molecule has 31 heavy (non-hydrogen) atoms. The minimum Gasteiger partial charge on any atom is -0.395 e. The molecule has 3 nitrogen and oxygen atoms in total. The summed E-state index contributed by atoms with van der Waals surface area (Å²) in [4.78, 5) is 4.77. The van der Waals surface area contributed by atoms with E-state index in [-0.39, 0.29) is 12.0 Å². The van der Waals surface area contributed by atoms with E-state index < -0.39 is 5.54 Å². The van der Waals surface area contributed by atoms with Crippen LogP contribution in [0.3, 0.4) is 0 Å². The smallest absolute Gasteiger partial charge is 0.127 e. The fraction of sp³-hybridized carbons (Fsp3) is 0.179. The zero-order valence-electron chi connectivity index (χ0n) is 17.4. The fourth-order valence-electron chi connectivity index (χ4n) is 4.44. The molecule has 0 amide bonds. The Morgan fingerprint density at radius 3 is 1.55 bits per heavy atom. The molecule has 3 aromatic carbocycles. The van der Waals surface area contributed by atoms with Gasteiger partial charge in [-0.05, 0) is 41.2 Å². The predicted molar refractivity (Wildman–Crippen MR) is 125 cm³/mol. The molecule has 1 fully saturated rings. The largest absolute Gasteiger partial charge is 0.395 e. The minimum atomic E-state index is -0.591. The summed E-state index contributed by atoms with van der Waals surface area (Å²) in [7, 11) is 0. The SMILES string of the molecule is OCC1(c2ccc(NC(c3ccccc3)(c3ccccc3)c3ccccc3)nc2)CC1. The summed E-state index contributed by atoms with van der Waals surface area (Å²) in [6.07, 6.45) is 3.97. The summed E-state index contributed by atoms with van der Waals surface area (Å²) in [5, 5.41) is 13.6. The molecule has 4 aromatic rings. The van der Waals surface area contributed by atoms with Crippen LogP contribution in [0.4, 0.5) is 5.82 Å². The summed E-state index contributed by atoms with van der Waals surface area (Å²) >= 11 is 0. The van der Waals surface area contributed by atoms with Crippen LogP contribution in [0.15, 0.2) is 109 Å². The Morgan fingerprint density at radius 2 is 1.19 bits per heavy atom. The molecule has 2 N–H and O–H groups in total. The first-order valence-electron chi connectivity index (χ1n) is 10.8. The quantitative estimate of drug-likeness (QED) is 0.398. The highest BCUT2D eigenvalue weighted by Gasteiger charge is 2.44. The first-order valence-corrected chi connectivity index (χ1v) is 10.8. The molecule has 0 aliphatic heterocycles. The van der Waals surface area contributed by atoms with Crippen LogP contribution in [-0.2, 0) is 11.0 Å². The molecule has 1 heterocycles. The van der Waals surface area contributed by atoms with Crippen molar-refractivity contribution in [3.05, 3.63) is 132 Å². The van der Waals surface area contributed by atoms with E-state index in [1.54, 1.807) is 0 Å². The van der Waals surface area contributed by atoms with Gasteiger partial charge in [0.15, 0.2) is 0 Å². The van der Waals surface area contributed by atoms with Crippen molar-refractivity contribution < 1.29 is 5.11 Å². The molecule has 1 aliphatic carbocycles. The number of nitrogens with zero attached hydrogens (tertiary/aromatic N) is 1. The topological polar surface area (TPSA) is 45.1 Å². The third-order valence-electron chi connectivity index (χ3n) is 6.47. The lowest BCUT2D eigenvalue weighted by Crippen LogP contribution is -2.38. The monoisotopic (exact) mass is 406 g/mol. The van der Waals surface area contributed by atoms with Crippen LogP contribution in [0, 0.1) is 0 Å². The summed E-state index contributed by atoms with van der Waals surface area (Å²) in [6.45, 7) is 0.184. The molecule has 1 aromatic heterocycles. The summed E-state index contributed by atoms with van der Waals surface area (Å²) in [5.41, 5.74) is 3.88. The van der Waals surface area contributed by atoms with E-state index in [1.807, 2.05) is 30.5 Å². The van der Waals surface area contributed by atoms with Crippen LogP contribution in [0.25, 0.3) is 0 Å². The summed E-state index contributed by atoms with van der Waals surface area (Å²) < 4.78 is 0. The van der Waals surface area contributed by atoms with E-state index in [1.165, 1.54) is 0 Å². The Labute approximate surface area is 183 Å². The number of benzene rings is 3. The first kappa shape index (κ1) is 19.5. The predicted octanol–water partition coefficient (Wildman–Crippen LogP) is 5.51. The van der Waals surface area contributed by atoms with Crippen molar-refractivity contribution in [1.82, 2.24) is 4.98 Å². The molecule has 3 heteroatoms. The Bertz CT molecular complexity index is 1030. The molecule has 0 saturated heterocycles. The van der Waals surface area contributed by atoms with Crippen LogP contribution in [0.2, 0.25) is 0 Å². The number of rotatable bonds is 7. The van der Waals surface area contributed by atoms with Crippen LogP contribution in [-0.4, -0.2) is 16.7 Å². The third-order valence-corrected chi connectivity index (χ3v) is 6.47. The summed E-state index contributed by atoms with van der Waals surface area (Å²) in [5.74, 6) is 0.800. The van der Waals surface area contributed by atoms with E-state index in [2.05, 4.69) is 84.2 Å².